The lowest BCUT2D eigenvalue weighted by Crippen LogP contribution is -2.48. The van der Waals surface area contributed by atoms with E-state index in [0.29, 0.717) is 12.2 Å². The van der Waals surface area contributed by atoms with Crippen LogP contribution in [0.15, 0.2) is 40.2 Å². The number of carbonyl (C=O) groups is 1. The van der Waals surface area contributed by atoms with Gasteiger partial charge < -0.3 is 14.4 Å². The molecule has 0 bridgehead atoms. The Balaban J connectivity index is 1.29. The number of nitrogens with zero attached hydrogens (tertiary/aromatic N) is 2. The fourth-order valence-electron chi connectivity index (χ4n) is 3.63. The minimum Gasteiger partial charge on any atom is -0.491 e. The summed E-state index contributed by atoms with van der Waals surface area (Å²) in [5.74, 6) is 0.823. The first kappa shape index (κ1) is 19.9. The van der Waals surface area contributed by atoms with E-state index in [9.17, 15) is 4.79 Å². The Morgan fingerprint density at radius 3 is 2.79 bits per heavy atom. The molecule has 0 saturated carbocycles. The monoisotopic (exact) mass is 464 g/mol. The van der Waals surface area contributed by atoms with Gasteiger partial charge in [0.05, 0.1) is 9.89 Å². The molecule has 1 aromatic heterocycles. The number of benzene rings is 1. The zero-order chi connectivity index (χ0) is 19.3. The van der Waals surface area contributed by atoms with E-state index in [1.165, 1.54) is 4.88 Å². The predicted molar refractivity (Wildman–Crippen MR) is 114 cm³/mol. The number of rotatable bonds is 6. The minimum atomic E-state index is 0.0843. The number of halogens is 1. The summed E-state index contributed by atoms with van der Waals surface area (Å²) < 4.78 is 12.6. The highest BCUT2D eigenvalue weighted by molar-refractivity contribution is 9.11. The first-order chi connectivity index (χ1) is 13.7. The van der Waals surface area contributed by atoms with E-state index in [0.717, 1.165) is 61.7 Å². The van der Waals surface area contributed by atoms with Gasteiger partial charge in [-0.05, 0) is 59.1 Å². The Bertz CT molecular complexity index is 798. The molecule has 2 aliphatic heterocycles. The molecule has 2 aromatic rings. The molecule has 1 atom stereocenters. The molecule has 1 aromatic carbocycles. The van der Waals surface area contributed by atoms with Crippen molar-refractivity contribution in [3.63, 3.8) is 0 Å². The van der Waals surface area contributed by atoms with Crippen molar-refractivity contribution in [3.8, 4) is 5.75 Å². The van der Waals surface area contributed by atoms with Crippen LogP contribution >= 0.6 is 27.3 Å². The van der Waals surface area contributed by atoms with Gasteiger partial charge in [-0.1, -0.05) is 6.07 Å². The maximum Gasteiger partial charge on any atom is 0.254 e. The molecule has 0 spiro atoms. The number of carbonyl (C=O) groups excluding carboxylic acids is 1. The second-order valence-electron chi connectivity index (χ2n) is 7.25. The molecular formula is C21H25BrN2O3S. The molecule has 7 heteroatoms. The van der Waals surface area contributed by atoms with Crippen molar-refractivity contribution >= 4 is 33.2 Å². The minimum absolute atomic E-state index is 0.0843. The Labute approximate surface area is 178 Å². The summed E-state index contributed by atoms with van der Waals surface area (Å²) in [5.41, 5.74) is 0.695. The summed E-state index contributed by atoms with van der Waals surface area (Å²) in [4.78, 5) is 18.6. The Morgan fingerprint density at radius 2 is 2.07 bits per heavy atom. The molecule has 1 amide bonds. The first-order valence-electron chi connectivity index (χ1n) is 9.78. The number of thiophene rings is 1. The van der Waals surface area contributed by atoms with Crippen LogP contribution in [0, 0.1) is 0 Å². The predicted octanol–water partition coefficient (Wildman–Crippen LogP) is 4.03. The van der Waals surface area contributed by atoms with Gasteiger partial charge in [0.25, 0.3) is 5.91 Å². The van der Waals surface area contributed by atoms with Gasteiger partial charge in [-0.25, -0.2) is 0 Å². The molecule has 0 N–H and O–H groups in total. The van der Waals surface area contributed by atoms with E-state index >= 15 is 0 Å². The summed E-state index contributed by atoms with van der Waals surface area (Å²) in [5, 5.41) is 0. The smallest absolute Gasteiger partial charge is 0.254 e. The van der Waals surface area contributed by atoms with Crippen LogP contribution in [-0.4, -0.2) is 61.2 Å². The standard InChI is InChI=1S/C21H25BrN2O3S/c22-20-7-6-19(28-20)14-23-8-10-24(11-9-23)21(25)16-3-1-4-17(13-16)27-15-18-5-2-12-26-18/h1,3-4,6-7,13,18H,2,5,8-12,14-15H2. The highest BCUT2D eigenvalue weighted by Crippen LogP contribution is 2.24. The Morgan fingerprint density at radius 1 is 1.21 bits per heavy atom. The van der Waals surface area contributed by atoms with Gasteiger partial charge >= 0.3 is 0 Å². The van der Waals surface area contributed by atoms with Crippen LogP contribution in [0.5, 0.6) is 5.75 Å². The fourth-order valence-corrected chi connectivity index (χ4v) is 5.16. The number of ether oxygens (including phenoxy) is 2. The van der Waals surface area contributed by atoms with Crippen LogP contribution in [0.25, 0.3) is 0 Å². The zero-order valence-electron chi connectivity index (χ0n) is 15.8. The van der Waals surface area contributed by atoms with E-state index in [1.807, 2.05) is 29.2 Å². The molecule has 0 aliphatic carbocycles. The molecule has 28 heavy (non-hydrogen) atoms. The van der Waals surface area contributed by atoms with Gasteiger partial charge in [0.15, 0.2) is 0 Å². The van der Waals surface area contributed by atoms with Gasteiger partial charge in [0.2, 0.25) is 0 Å². The van der Waals surface area contributed by atoms with Gasteiger partial charge in [-0.2, -0.15) is 0 Å². The van der Waals surface area contributed by atoms with E-state index in [-0.39, 0.29) is 12.0 Å². The number of hydrogen-bond donors (Lipinski definition) is 0. The second kappa shape index (κ2) is 9.39. The van der Waals surface area contributed by atoms with Crippen molar-refractivity contribution in [2.45, 2.75) is 25.5 Å². The maximum atomic E-state index is 12.9. The zero-order valence-corrected chi connectivity index (χ0v) is 18.2. The quantitative estimate of drug-likeness (QED) is 0.646. The van der Waals surface area contributed by atoms with Crippen molar-refractivity contribution in [3.05, 3.63) is 50.6 Å². The van der Waals surface area contributed by atoms with Crippen LogP contribution in [0.2, 0.25) is 0 Å². The van der Waals surface area contributed by atoms with Crippen molar-refractivity contribution < 1.29 is 14.3 Å². The average Bonchev–Trinajstić information content (AvgIpc) is 3.38. The molecule has 0 radical (unpaired) electrons. The Kier molecular flexibility index (Phi) is 6.67. The van der Waals surface area contributed by atoms with Crippen molar-refractivity contribution in [1.29, 1.82) is 0 Å². The van der Waals surface area contributed by atoms with Crippen LogP contribution in [-0.2, 0) is 11.3 Å². The van der Waals surface area contributed by atoms with Gasteiger partial charge in [0, 0.05) is 49.8 Å². The third-order valence-electron chi connectivity index (χ3n) is 5.21. The highest BCUT2D eigenvalue weighted by atomic mass is 79.9. The van der Waals surface area contributed by atoms with E-state index in [1.54, 1.807) is 11.3 Å². The molecule has 5 nitrogen and oxygen atoms in total. The molecule has 4 rings (SSSR count). The number of hydrogen-bond acceptors (Lipinski definition) is 5. The lowest BCUT2D eigenvalue weighted by molar-refractivity contribution is 0.0626. The van der Waals surface area contributed by atoms with Crippen LogP contribution in [0.3, 0.4) is 0 Å². The van der Waals surface area contributed by atoms with Crippen LogP contribution in [0.1, 0.15) is 28.1 Å². The number of piperazine rings is 1. The Hall–Kier alpha value is -1.41. The molecule has 1 unspecified atom stereocenters. The lowest BCUT2D eigenvalue weighted by atomic mass is 10.1. The first-order valence-corrected chi connectivity index (χ1v) is 11.4. The van der Waals surface area contributed by atoms with Crippen molar-refractivity contribution in [2.24, 2.45) is 0 Å². The second-order valence-corrected chi connectivity index (χ2v) is 9.80. The SMILES string of the molecule is O=C(c1cccc(OCC2CCCO2)c1)N1CCN(Cc2ccc(Br)s2)CC1. The molecule has 2 aliphatic rings. The summed E-state index contributed by atoms with van der Waals surface area (Å²) in [6.07, 6.45) is 2.32. The maximum absolute atomic E-state index is 12.9. The van der Waals surface area contributed by atoms with Crippen LogP contribution < -0.4 is 4.74 Å². The lowest BCUT2D eigenvalue weighted by Gasteiger charge is -2.34. The van der Waals surface area contributed by atoms with Gasteiger partial charge in [-0.15, -0.1) is 11.3 Å². The molecule has 2 saturated heterocycles. The van der Waals surface area contributed by atoms with Crippen LogP contribution in [0.4, 0.5) is 0 Å². The topological polar surface area (TPSA) is 42.0 Å². The summed E-state index contributed by atoms with van der Waals surface area (Å²) in [6, 6.07) is 11.8. The molecular weight excluding hydrogens is 440 g/mol. The summed E-state index contributed by atoms with van der Waals surface area (Å²) in [6.45, 7) is 5.63. The van der Waals surface area contributed by atoms with E-state index < -0.39 is 0 Å². The van der Waals surface area contributed by atoms with Crippen molar-refractivity contribution in [2.75, 3.05) is 39.4 Å². The van der Waals surface area contributed by atoms with E-state index in [2.05, 4.69) is 33.0 Å². The molecule has 3 heterocycles. The van der Waals surface area contributed by atoms with Gasteiger partial charge in [-0.3, -0.25) is 9.69 Å². The fraction of sp³-hybridized carbons (Fsp3) is 0.476. The normalized spacial score (nSPS) is 20.5. The molecule has 150 valence electrons. The highest BCUT2D eigenvalue weighted by Gasteiger charge is 2.23. The third-order valence-corrected chi connectivity index (χ3v) is 6.82. The summed E-state index contributed by atoms with van der Waals surface area (Å²) in [7, 11) is 0. The van der Waals surface area contributed by atoms with Crippen molar-refractivity contribution in [1.82, 2.24) is 9.80 Å². The third kappa shape index (κ3) is 5.14. The summed E-state index contributed by atoms with van der Waals surface area (Å²) >= 11 is 5.29. The van der Waals surface area contributed by atoms with E-state index in [4.69, 9.17) is 9.47 Å². The average molecular weight is 465 g/mol. The number of amides is 1. The largest absolute Gasteiger partial charge is 0.491 e. The van der Waals surface area contributed by atoms with Gasteiger partial charge in [0.1, 0.15) is 12.4 Å². The molecule has 2 fully saturated rings.